The third kappa shape index (κ3) is 4.83. The van der Waals surface area contributed by atoms with Gasteiger partial charge in [0.2, 0.25) is 0 Å². The summed E-state index contributed by atoms with van der Waals surface area (Å²) in [6.45, 7) is 25.4. The molecule has 0 aromatic rings. The molecule has 1 nitrogen and oxygen atoms in total. The van der Waals surface area contributed by atoms with Gasteiger partial charge in [-0.25, -0.2) is 0 Å². The van der Waals surface area contributed by atoms with E-state index < -0.39 is 45.9 Å². The van der Waals surface area contributed by atoms with Gasteiger partial charge in [-0.05, 0) is 0 Å². The first kappa shape index (κ1) is 27.1. The van der Waals surface area contributed by atoms with E-state index in [9.17, 15) is 0 Å². The molecule has 0 amide bonds. The molecule has 25 heavy (non-hydrogen) atoms. The summed E-state index contributed by atoms with van der Waals surface area (Å²) in [6, 6.07) is 0. The van der Waals surface area contributed by atoms with Gasteiger partial charge in [0.25, 0.3) is 0 Å². The quantitative estimate of drug-likeness (QED) is 0.184. The van der Waals surface area contributed by atoms with Crippen molar-refractivity contribution in [1.29, 1.82) is 0 Å². The van der Waals surface area contributed by atoms with Gasteiger partial charge >= 0.3 is 170 Å². The zero-order chi connectivity index (χ0) is 19.8. The van der Waals surface area contributed by atoms with Crippen LogP contribution in [-0.2, 0) is 2.79 Å². The van der Waals surface area contributed by atoms with E-state index in [0.29, 0.717) is 0 Å². The summed E-state index contributed by atoms with van der Waals surface area (Å²) in [7, 11) is 0. The summed E-state index contributed by atoms with van der Waals surface area (Å²) in [5, 5.41) is 15.1. The van der Waals surface area contributed by atoms with E-state index in [1.807, 2.05) is 0 Å². The Morgan fingerprint density at radius 1 is 0.360 bits per heavy atom. The van der Waals surface area contributed by atoms with Gasteiger partial charge in [-0.3, -0.25) is 0 Å². The van der Waals surface area contributed by atoms with Crippen molar-refractivity contribution in [2.75, 3.05) is 0 Å². The summed E-state index contributed by atoms with van der Waals surface area (Å²) in [5.74, 6) is 0. The van der Waals surface area contributed by atoms with Crippen LogP contribution >= 0.6 is 0 Å². The molecule has 0 heterocycles. The van der Waals surface area contributed by atoms with Crippen LogP contribution in [0.5, 0.6) is 0 Å². The Morgan fingerprint density at radius 2 is 0.560 bits per heavy atom. The Morgan fingerprint density at radius 3 is 0.680 bits per heavy atom. The molecular formula is C20H50Ge4O. The van der Waals surface area contributed by atoms with E-state index in [1.165, 1.54) is 52.5 Å². The van der Waals surface area contributed by atoms with Crippen molar-refractivity contribution in [2.24, 2.45) is 0 Å². The molecule has 0 saturated carbocycles. The predicted molar refractivity (Wildman–Crippen MR) is 129 cm³/mol. The Bertz CT molecular complexity index is 306. The fourth-order valence-electron chi connectivity index (χ4n) is 6.31. The van der Waals surface area contributed by atoms with Crippen LogP contribution in [0.4, 0.5) is 0 Å². The van der Waals surface area contributed by atoms with Gasteiger partial charge in [0.1, 0.15) is 0 Å². The van der Waals surface area contributed by atoms with Crippen LogP contribution in [0.25, 0.3) is 0 Å². The molecule has 0 fully saturated rings. The van der Waals surface area contributed by atoms with Crippen LogP contribution in [-0.4, -0.2) is 45.9 Å². The summed E-state index contributed by atoms with van der Waals surface area (Å²) in [4.78, 5) is 0. The van der Waals surface area contributed by atoms with E-state index in [2.05, 4.69) is 69.2 Å². The third-order valence-electron chi connectivity index (χ3n) is 8.67. The van der Waals surface area contributed by atoms with E-state index in [4.69, 9.17) is 2.79 Å². The minimum absolute atomic E-state index is 1.47. The van der Waals surface area contributed by atoms with E-state index in [-0.39, 0.29) is 0 Å². The second kappa shape index (κ2) is 12.0. The Hall–Kier alpha value is 2.13. The first-order valence-corrected chi connectivity index (χ1v) is 41.1. The maximum absolute atomic E-state index is 8.04. The molecule has 0 atom stereocenters. The normalized spacial score (nSPS) is 14.2. The molecule has 0 rings (SSSR count). The molecule has 5 heteroatoms. The van der Waals surface area contributed by atoms with Gasteiger partial charge in [0, 0.05) is 0 Å². The summed E-state index contributed by atoms with van der Waals surface area (Å²) in [5.41, 5.74) is 0. The fraction of sp³-hybridized carbons (Fsp3) is 1.00. The molecular weight excluding hydrogens is 547 g/mol. The van der Waals surface area contributed by atoms with Gasteiger partial charge in [-0.1, -0.05) is 0 Å². The second-order valence-electron chi connectivity index (χ2n) is 8.19. The number of rotatable bonds is 14. The molecule has 0 saturated heterocycles. The van der Waals surface area contributed by atoms with Crippen LogP contribution in [0.2, 0.25) is 52.5 Å². The molecule has 0 aromatic carbocycles. The predicted octanol–water partition coefficient (Wildman–Crippen LogP) is 8.15. The van der Waals surface area contributed by atoms with Gasteiger partial charge in [0.15, 0.2) is 0 Å². The SMILES string of the molecule is C[CH2][Ge]([CH2]C)([CH2]C)[Ge]([CH2]C)([CH2]C)[O][Ge]([CH2]C)([CH2]C)[Ge]([CH2]C)([CH2]C)[CH2]C. The van der Waals surface area contributed by atoms with Crippen molar-refractivity contribution in [3.8, 4) is 0 Å². The number of hydrogen-bond acceptors (Lipinski definition) is 1. The molecule has 0 aliphatic carbocycles. The van der Waals surface area contributed by atoms with E-state index >= 15 is 0 Å². The standard InChI is InChI=1S/C20H50Ge4O/c1-11-21(12-2,13-3)23(17-7,18-8)25-24(19-9,20-10)22(14-4,15-5)16-6/h11-20H2,1-10H3. The summed E-state index contributed by atoms with van der Waals surface area (Å²) < 4.78 is 8.04. The van der Waals surface area contributed by atoms with Gasteiger partial charge in [-0.2, -0.15) is 0 Å². The summed E-state index contributed by atoms with van der Waals surface area (Å²) in [6.07, 6.45) is 0. The zero-order valence-corrected chi connectivity index (χ0v) is 27.9. The van der Waals surface area contributed by atoms with Crippen LogP contribution in [0.15, 0.2) is 0 Å². The molecule has 0 unspecified atom stereocenters. The monoisotopic (exact) mass is 602 g/mol. The Kier molecular flexibility index (Phi) is 13.0. The van der Waals surface area contributed by atoms with Crippen molar-refractivity contribution in [1.82, 2.24) is 0 Å². The van der Waals surface area contributed by atoms with Crippen molar-refractivity contribution in [3.63, 3.8) is 0 Å². The van der Waals surface area contributed by atoms with Crippen molar-refractivity contribution in [2.45, 2.75) is 122 Å². The molecule has 0 aliphatic rings. The topological polar surface area (TPSA) is 9.23 Å². The second-order valence-corrected chi connectivity index (χ2v) is 87.8. The van der Waals surface area contributed by atoms with Crippen LogP contribution in [0.3, 0.4) is 0 Å². The van der Waals surface area contributed by atoms with E-state index in [0.717, 1.165) is 0 Å². The summed E-state index contributed by atoms with van der Waals surface area (Å²) >= 11 is -8.04. The third-order valence-corrected chi connectivity index (χ3v) is 146. The molecule has 0 spiro atoms. The van der Waals surface area contributed by atoms with Crippen LogP contribution < -0.4 is 0 Å². The maximum atomic E-state index is 8.04. The van der Waals surface area contributed by atoms with Crippen molar-refractivity contribution in [3.05, 3.63) is 0 Å². The van der Waals surface area contributed by atoms with Gasteiger partial charge in [-0.15, -0.1) is 0 Å². The molecule has 0 radical (unpaired) electrons. The number of hydrogen-bond donors (Lipinski definition) is 0. The fourth-order valence-corrected chi connectivity index (χ4v) is 186. The molecule has 0 aromatic heterocycles. The van der Waals surface area contributed by atoms with Crippen molar-refractivity contribution >= 4 is 45.9 Å². The molecule has 0 N–H and O–H groups in total. The Balaban J connectivity index is 6.41. The molecule has 0 aliphatic heterocycles. The average molecular weight is 597 g/mol. The first-order chi connectivity index (χ1) is 11.8. The molecule has 0 bridgehead atoms. The zero-order valence-electron chi connectivity index (χ0n) is 19.5. The first-order valence-electron chi connectivity index (χ1n) is 11.5. The minimum atomic E-state index is -2.19. The van der Waals surface area contributed by atoms with Gasteiger partial charge < -0.3 is 0 Å². The average Bonchev–Trinajstić information content (AvgIpc) is 2.68. The van der Waals surface area contributed by atoms with Crippen molar-refractivity contribution < 1.29 is 2.79 Å². The van der Waals surface area contributed by atoms with Crippen LogP contribution in [0.1, 0.15) is 69.2 Å². The van der Waals surface area contributed by atoms with Crippen LogP contribution in [0, 0.1) is 0 Å². The Labute approximate surface area is 169 Å². The van der Waals surface area contributed by atoms with E-state index in [1.54, 1.807) is 0 Å². The van der Waals surface area contributed by atoms with Gasteiger partial charge in [0.05, 0.1) is 0 Å². The molecule has 152 valence electrons.